The van der Waals surface area contributed by atoms with Crippen LogP contribution in [0, 0.1) is 0 Å². The van der Waals surface area contributed by atoms with E-state index in [1.165, 1.54) is 32.9 Å². The number of nitrogens with zero attached hydrogens (tertiary/aromatic N) is 1. The normalized spacial score (nSPS) is 19.5. The fourth-order valence-electron chi connectivity index (χ4n) is 3.32. The number of carboxylic acid groups (broad SMARTS) is 1. The van der Waals surface area contributed by atoms with E-state index in [0.717, 1.165) is 12.8 Å². The van der Waals surface area contributed by atoms with E-state index in [-0.39, 0.29) is 19.1 Å². The van der Waals surface area contributed by atoms with Crippen LogP contribution in [0.1, 0.15) is 20.8 Å². The van der Waals surface area contributed by atoms with Gasteiger partial charge in [0, 0.05) is 11.4 Å². The number of fused-ring (bicyclic) bond motifs is 3. The van der Waals surface area contributed by atoms with Gasteiger partial charge in [0.25, 0.3) is 5.91 Å². The molecule has 2 aromatic rings. The number of hydrogen-bond acceptors (Lipinski definition) is 4. The van der Waals surface area contributed by atoms with E-state index >= 15 is 0 Å². The van der Waals surface area contributed by atoms with Crippen LogP contribution in [0.5, 0.6) is 0 Å². The highest BCUT2D eigenvalue weighted by Crippen LogP contribution is 2.39. The van der Waals surface area contributed by atoms with Crippen LogP contribution in [0.15, 0.2) is 30.3 Å². The van der Waals surface area contributed by atoms with Gasteiger partial charge >= 0.3 is 5.97 Å². The lowest BCUT2D eigenvalue weighted by Crippen LogP contribution is -2.48. The summed E-state index contributed by atoms with van der Waals surface area (Å²) in [5.41, 5.74) is 3.75. The molecule has 4 rings (SSSR count). The molecule has 2 aliphatic rings. The van der Waals surface area contributed by atoms with Crippen LogP contribution in [-0.2, 0) is 22.4 Å². The van der Waals surface area contributed by atoms with Gasteiger partial charge in [-0.25, -0.2) is 4.79 Å². The van der Waals surface area contributed by atoms with Crippen molar-refractivity contribution >= 4 is 23.2 Å². The van der Waals surface area contributed by atoms with Gasteiger partial charge in [0.1, 0.15) is 0 Å². The van der Waals surface area contributed by atoms with Gasteiger partial charge in [0.15, 0.2) is 6.10 Å². The molecule has 1 fully saturated rings. The lowest BCUT2D eigenvalue weighted by molar-refractivity contribution is -0.154. The summed E-state index contributed by atoms with van der Waals surface area (Å²) in [6.45, 7) is 0.797. The average Bonchev–Trinajstić information content (AvgIpc) is 3.06. The quantitative estimate of drug-likeness (QED) is 0.909. The van der Waals surface area contributed by atoms with Gasteiger partial charge in [-0.1, -0.05) is 24.3 Å². The summed E-state index contributed by atoms with van der Waals surface area (Å²) >= 11 is 1.51. The molecule has 1 saturated heterocycles. The van der Waals surface area contributed by atoms with Crippen LogP contribution in [0.3, 0.4) is 0 Å². The standard InChI is InChI=1S/C18H17NO4S/c20-17(19-7-8-23-14(10-19)18(21)22)15-9-12-6-5-11-3-1-2-4-13(11)16(12)24-15/h1-4,9,14H,5-8,10H2,(H,21,22). The zero-order valence-electron chi connectivity index (χ0n) is 13.0. The molecule has 1 atom stereocenters. The molecule has 0 bridgehead atoms. The SMILES string of the molecule is O=C(O)C1CN(C(=O)c2cc3c(s2)-c2ccccc2CC3)CCO1. The summed E-state index contributed by atoms with van der Waals surface area (Å²) in [5, 5.41) is 9.09. The molecule has 1 N–H and O–H groups in total. The van der Waals surface area contributed by atoms with E-state index in [0.29, 0.717) is 11.4 Å². The number of hydrogen-bond donors (Lipinski definition) is 1. The number of morpholine rings is 1. The second-order valence-corrected chi connectivity index (χ2v) is 7.12. The minimum absolute atomic E-state index is 0.0959. The fourth-order valence-corrected chi connectivity index (χ4v) is 4.55. The average molecular weight is 343 g/mol. The van der Waals surface area contributed by atoms with Crippen molar-refractivity contribution in [2.24, 2.45) is 0 Å². The number of ether oxygens (including phenoxy) is 1. The second kappa shape index (κ2) is 6.03. The van der Waals surface area contributed by atoms with E-state index in [2.05, 4.69) is 12.1 Å². The maximum absolute atomic E-state index is 12.8. The highest BCUT2D eigenvalue weighted by atomic mass is 32.1. The Hall–Kier alpha value is -2.18. The molecule has 0 spiro atoms. The van der Waals surface area contributed by atoms with Crippen molar-refractivity contribution in [3.8, 4) is 10.4 Å². The molecule has 1 aliphatic heterocycles. The third kappa shape index (κ3) is 2.61. The summed E-state index contributed by atoms with van der Waals surface area (Å²) in [5.74, 6) is -1.12. The van der Waals surface area contributed by atoms with Crippen molar-refractivity contribution in [2.45, 2.75) is 18.9 Å². The number of carbonyl (C=O) groups excluding carboxylic acids is 1. The van der Waals surface area contributed by atoms with E-state index in [1.54, 1.807) is 4.90 Å². The smallest absolute Gasteiger partial charge is 0.334 e. The molecule has 24 heavy (non-hydrogen) atoms. The van der Waals surface area contributed by atoms with E-state index < -0.39 is 12.1 Å². The Labute approximate surface area is 143 Å². The maximum Gasteiger partial charge on any atom is 0.334 e. The van der Waals surface area contributed by atoms with Crippen molar-refractivity contribution < 1.29 is 19.4 Å². The first kappa shape index (κ1) is 15.4. The minimum atomic E-state index is -1.02. The van der Waals surface area contributed by atoms with Gasteiger partial charge in [-0.05, 0) is 35.6 Å². The lowest BCUT2D eigenvalue weighted by Gasteiger charge is -2.30. The van der Waals surface area contributed by atoms with Crippen molar-refractivity contribution in [3.05, 3.63) is 46.3 Å². The van der Waals surface area contributed by atoms with Gasteiger partial charge < -0.3 is 14.7 Å². The van der Waals surface area contributed by atoms with Crippen LogP contribution >= 0.6 is 11.3 Å². The zero-order chi connectivity index (χ0) is 16.7. The Kier molecular flexibility index (Phi) is 3.86. The van der Waals surface area contributed by atoms with Crippen LogP contribution in [0.25, 0.3) is 10.4 Å². The number of carbonyl (C=O) groups is 2. The third-order valence-corrected chi connectivity index (χ3v) is 5.77. The number of aryl methyl sites for hydroxylation is 2. The third-order valence-electron chi connectivity index (χ3n) is 4.57. The second-order valence-electron chi connectivity index (χ2n) is 6.07. The van der Waals surface area contributed by atoms with Gasteiger partial charge in [0.05, 0.1) is 18.0 Å². The molecule has 1 aliphatic carbocycles. The number of rotatable bonds is 2. The predicted molar refractivity (Wildman–Crippen MR) is 90.4 cm³/mol. The molecule has 0 saturated carbocycles. The van der Waals surface area contributed by atoms with Gasteiger partial charge in [0.2, 0.25) is 0 Å². The maximum atomic E-state index is 12.8. The molecular formula is C18H17NO4S. The first-order valence-corrected chi connectivity index (χ1v) is 8.80. The highest BCUT2D eigenvalue weighted by molar-refractivity contribution is 7.17. The van der Waals surface area contributed by atoms with Gasteiger partial charge in [-0.15, -0.1) is 11.3 Å². The lowest BCUT2D eigenvalue weighted by atomic mass is 9.91. The summed E-state index contributed by atoms with van der Waals surface area (Å²) in [4.78, 5) is 27.3. The topological polar surface area (TPSA) is 66.8 Å². The molecule has 1 amide bonds. The summed E-state index contributed by atoms with van der Waals surface area (Å²) < 4.78 is 5.19. The van der Waals surface area contributed by atoms with Crippen LogP contribution in [-0.4, -0.2) is 47.7 Å². The van der Waals surface area contributed by atoms with Gasteiger partial charge in [-0.3, -0.25) is 4.79 Å². The monoisotopic (exact) mass is 343 g/mol. The van der Waals surface area contributed by atoms with Crippen molar-refractivity contribution in [3.63, 3.8) is 0 Å². The Balaban J connectivity index is 1.61. The molecule has 1 unspecified atom stereocenters. The Morgan fingerprint density at radius 2 is 2.00 bits per heavy atom. The fraction of sp³-hybridized carbons (Fsp3) is 0.333. The Morgan fingerprint density at radius 1 is 1.21 bits per heavy atom. The van der Waals surface area contributed by atoms with Crippen LogP contribution in [0.2, 0.25) is 0 Å². The predicted octanol–water partition coefficient (Wildman–Crippen LogP) is 2.44. The first-order chi connectivity index (χ1) is 11.6. The number of amides is 1. The molecule has 2 heterocycles. The molecule has 124 valence electrons. The van der Waals surface area contributed by atoms with E-state index in [1.807, 2.05) is 18.2 Å². The summed E-state index contributed by atoms with van der Waals surface area (Å²) in [6, 6.07) is 10.3. The number of thiophene rings is 1. The molecule has 1 aromatic heterocycles. The molecule has 1 aromatic carbocycles. The number of benzene rings is 1. The summed E-state index contributed by atoms with van der Waals surface area (Å²) in [6.07, 6.45) is 1.00. The number of carboxylic acids is 1. The summed E-state index contributed by atoms with van der Waals surface area (Å²) in [7, 11) is 0. The molecular weight excluding hydrogens is 326 g/mol. The zero-order valence-corrected chi connectivity index (χ0v) is 13.8. The highest BCUT2D eigenvalue weighted by Gasteiger charge is 2.31. The molecule has 5 nitrogen and oxygen atoms in total. The van der Waals surface area contributed by atoms with E-state index in [9.17, 15) is 9.59 Å². The molecule has 6 heteroatoms. The van der Waals surface area contributed by atoms with Crippen molar-refractivity contribution in [1.82, 2.24) is 4.90 Å². The van der Waals surface area contributed by atoms with Crippen LogP contribution < -0.4 is 0 Å². The van der Waals surface area contributed by atoms with E-state index in [4.69, 9.17) is 9.84 Å². The molecule has 0 radical (unpaired) electrons. The van der Waals surface area contributed by atoms with Gasteiger partial charge in [-0.2, -0.15) is 0 Å². The van der Waals surface area contributed by atoms with Crippen LogP contribution in [0.4, 0.5) is 0 Å². The largest absolute Gasteiger partial charge is 0.479 e. The Bertz CT molecular complexity index is 813. The van der Waals surface area contributed by atoms with Crippen molar-refractivity contribution in [1.29, 1.82) is 0 Å². The van der Waals surface area contributed by atoms with Crippen molar-refractivity contribution in [2.75, 3.05) is 19.7 Å². The first-order valence-electron chi connectivity index (χ1n) is 7.98. The minimum Gasteiger partial charge on any atom is -0.479 e. The Morgan fingerprint density at radius 3 is 2.83 bits per heavy atom. The number of aliphatic carboxylic acids is 1.